The summed E-state index contributed by atoms with van der Waals surface area (Å²) in [5.74, 6) is 0.978. The highest BCUT2D eigenvalue weighted by atomic mass is 79.9. The molecule has 0 aromatic carbocycles. The molecule has 0 bridgehead atoms. The molecule has 0 rings (SSSR count). The average Bonchev–Trinajstić information content (AvgIpc) is 2.17. The normalized spacial score (nSPS) is 15.7. The average molecular weight is 249 g/mol. The van der Waals surface area contributed by atoms with Crippen molar-refractivity contribution >= 4 is 15.9 Å². The highest BCUT2D eigenvalue weighted by molar-refractivity contribution is 9.09. The molecule has 0 heterocycles. The zero-order chi connectivity index (χ0) is 10.1. The molecule has 2 atom stereocenters. The van der Waals surface area contributed by atoms with Gasteiger partial charge in [-0.05, 0) is 25.2 Å². The monoisotopic (exact) mass is 248 g/mol. The van der Waals surface area contributed by atoms with Crippen molar-refractivity contribution in [1.82, 2.24) is 0 Å². The second-order valence-corrected chi connectivity index (χ2v) is 5.29. The largest absolute Gasteiger partial charge is 0.0891 e. The van der Waals surface area contributed by atoms with E-state index in [0.717, 1.165) is 10.7 Å². The molecule has 0 amide bonds. The van der Waals surface area contributed by atoms with E-state index in [9.17, 15) is 0 Å². The van der Waals surface area contributed by atoms with E-state index >= 15 is 0 Å². The summed E-state index contributed by atoms with van der Waals surface area (Å²) in [5.41, 5.74) is 0. The lowest BCUT2D eigenvalue weighted by Crippen LogP contribution is -2.03. The molecule has 0 aliphatic heterocycles. The lowest BCUT2D eigenvalue weighted by atomic mass is 9.93. The molecule has 0 saturated heterocycles. The molecule has 80 valence electrons. The Morgan fingerprint density at radius 2 is 1.62 bits per heavy atom. The Bertz CT molecular complexity index is 101. The van der Waals surface area contributed by atoms with Crippen molar-refractivity contribution in [3.8, 4) is 0 Å². The third-order valence-corrected chi connectivity index (χ3v) is 3.98. The van der Waals surface area contributed by atoms with Crippen LogP contribution in [0.25, 0.3) is 0 Å². The van der Waals surface area contributed by atoms with E-state index in [0.29, 0.717) is 0 Å². The van der Waals surface area contributed by atoms with Crippen molar-refractivity contribution in [2.45, 2.75) is 70.5 Å². The standard InChI is InChI=1S/C12H25Br/c1-4-7-8-11(5-2)9-10-12(13)6-3/h11-12H,4-10H2,1-3H3. The van der Waals surface area contributed by atoms with Crippen molar-refractivity contribution in [3.05, 3.63) is 0 Å². The Morgan fingerprint density at radius 1 is 0.923 bits per heavy atom. The van der Waals surface area contributed by atoms with Crippen LogP contribution < -0.4 is 0 Å². The third-order valence-electron chi connectivity index (χ3n) is 2.87. The van der Waals surface area contributed by atoms with E-state index in [2.05, 4.69) is 36.7 Å². The van der Waals surface area contributed by atoms with E-state index < -0.39 is 0 Å². The molecule has 0 aromatic heterocycles. The fourth-order valence-corrected chi connectivity index (χ4v) is 1.93. The molecule has 0 aliphatic rings. The van der Waals surface area contributed by atoms with Crippen molar-refractivity contribution < 1.29 is 0 Å². The van der Waals surface area contributed by atoms with Crippen LogP contribution in [0.15, 0.2) is 0 Å². The quantitative estimate of drug-likeness (QED) is 0.521. The van der Waals surface area contributed by atoms with Crippen LogP contribution >= 0.6 is 15.9 Å². The van der Waals surface area contributed by atoms with Gasteiger partial charge in [0.1, 0.15) is 0 Å². The van der Waals surface area contributed by atoms with Gasteiger partial charge in [-0.3, -0.25) is 0 Å². The highest BCUT2D eigenvalue weighted by Gasteiger charge is 2.08. The van der Waals surface area contributed by atoms with Gasteiger partial charge in [-0.2, -0.15) is 0 Å². The molecule has 0 nitrogen and oxygen atoms in total. The smallest absolute Gasteiger partial charge is 0.0143 e. The Morgan fingerprint density at radius 3 is 2.08 bits per heavy atom. The first kappa shape index (κ1) is 13.5. The first-order valence-corrected chi connectivity index (χ1v) is 6.80. The molecule has 0 N–H and O–H groups in total. The summed E-state index contributed by atoms with van der Waals surface area (Å²) in [5, 5.41) is 0. The van der Waals surface area contributed by atoms with Crippen LogP contribution in [0.2, 0.25) is 0 Å². The van der Waals surface area contributed by atoms with Crippen LogP contribution in [0.3, 0.4) is 0 Å². The predicted molar refractivity (Wildman–Crippen MR) is 65.5 cm³/mol. The molecular weight excluding hydrogens is 224 g/mol. The Balaban J connectivity index is 3.46. The van der Waals surface area contributed by atoms with Crippen LogP contribution in [0.1, 0.15) is 65.7 Å². The molecule has 0 spiro atoms. The Hall–Kier alpha value is 0.480. The fourth-order valence-electron chi connectivity index (χ4n) is 1.67. The van der Waals surface area contributed by atoms with Crippen molar-refractivity contribution in [2.75, 3.05) is 0 Å². The van der Waals surface area contributed by atoms with Gasteiger partial charge in [0, 0.05) is 4.83 Å². The van der Waals surface area contributed by atoms with Gasteiger partial charge < -0.3 is 0 Å². The number of unbranched alkanes of at least 4 members (excludes halogenated alkanes) is 1. The molecule has 0 saturated carbocycles. The van der Waals surface area contributed by atoms with Gasteiger partial charge in [0.05, 0.1) is 0 Å². The summed E-state index contributed by atoms with van der Waals surface area (Å²) < 4.78 is 0. The maximum atomic E-state index is 3.70. The van der Waals surface area contributed by atoms with Crippen molar-refractivity contribution in [1.29, 1.82) is 0 Å². The first-order chi connectivity index (χ1) is 6.24. The maximum Gasteiger partial charge on any atom is 0.0143 e. The van der Waals surface area contributed by atoms with E-state index in [4.69, 9.17) is 0 Å². The van der Waals surface area contributed by atoms with Crippen molar-refractivity contribution in [3.63, 3.8) is 0 Å². The van der Waals surface area contributed by atoms with E-state index in [1.165, 1.54) is 44.9 Å². The number of hydrogen-bond acceptors (Lipinski definition) is 0. The van der Waals surface area contributed by atoms with Gasteiger partial charge >= 0.3 is 0 Å². The van der Waals surface area contributed by atoms with E-state index in [1.807, 2.05) is 0 Å². The van der Waals surface area contributed by atoms with Crippen molar-refractivity contribution in [2.24, 2.45) is 5.92 Å². The number of alkyl halides is 1. The molecule has 0 radical (unpaired) electrons. The van der Waals surface area contributed by atoms with Gasteiger partial charge in [0.2, 0.25) is 0 Å². The summed E-state index contributed by atoms with van der Waals surface area (Å²) in [7, 11) is 0. The summed E-state index contributed by atoms with van der Waals surface area (Å²) in [6, 6.07) is 0. The van der Waals surface area contributed by atoms with Gasteiger partial charge in [-0.25, -0.2) is 0 Å². The summed E-state index contributed by atoms with van der Waals surface area (Å²) >= 11 is 3.70. The minimum atomic E-state index is 0.753. The molecule has 0 fully saturated rings. The molecule has 2 unspecified atom stereocenters. The van der Waals surface area contributed by atoms with Gasteiger partial charge in [0.15, 0.2) is 0 Å². The zero-order valence-electron chi connectivity index (χ0n) is 9.48. The van der Waals surface area contributed by atoms with Crippen LogP contribution in [0.4, 0.5) is 0 Å². The summed E-state index contributed by atoms with van der Waals surface area (Å²) in [6.07, 6.45) is 9.61. The zero-order valence-corrected chi connectivity index (χ0v) is 11.1. The minimum absolute atomic E-state index is 0.753. The predicted octanol–water partition coefficient (Wildman–Crippen LogP) is 5.16. The topological polar surface area (TPSA) is 0 Å². The molecule has 0 aromatic rings. The van der Waals surface area contributed by atoms with Gasteiger partial charge in [-0.15, -0.1) is 0 Å². The lowest BCUT2D eigenvalue weighted by molar-refractivity contribution is 0.407. The number of hydrogen-bond donors (Lipinski definition) is 0. The highest BCUT2D eigenvalue weighted by Crippen LogP contribution is 2.22. The van der Waals surface area contributed by atoms with Gasteiger partial charge in [0.25, 0.3) is 0 Å². The fraction of sp³-hybridized carbons (Fsp3) is 1.00. The van der Waals surface area contributed by atoms with Crippen LogP contribution in [0, 0.1) is 5.92 Å². The lowest BCUT2D eigenvalue weighted by Gasteiger charge is -2.15. The Kier molecular flexibility index (Phi) is 9.39. The van der Waals surface area contributed by atoms with Crippen LogP contribution in [-0.4, -0.2) is 4.83 Å². The molecule has 13 heavy (non-hydrogen) atoms. The third kappa shape index (κ3) is 7.54. The van der Waals surface area contributed by atoms with Crippen LogP contribution in [0.5, 0.6) is 0 Å². The first-order valence-electron chi connectivity index (χ1n) is 5.88. The maximum absolute atomic E-state index is 3.70. The molecule has 1 heteroatoms. The second kappa shape index (κ2) is 9.05. The number of halogens is 1. The van der Waals surface area contributed by atoms with Gasteiger partial charge in [-0.1, -0.05) is 62.4 Å². The van der Waals surface area contributed by atoms with Crippen LogP contribution in [-0.2, 0) is 0 Å². The summed E-state index contributed by atoms with van der Waals surface area (Å²) in [6.45, 7) is 6.87. The number of rotatable bonds is 8. The molecular formula is C12H25Br. The SMILES string of the molecule is CCCCC(CC)CCC(Br)CC. The second-order valence-electron chi connectivity index (χ2n) is 4.00. The minimum Gasteiger partial charge on any atom is -0.0891 e. The molecule has 0 aliphatic carbocycles. The Labute approximate surface area is 92.6 Å². The summed E-state index contributed by atoms with van der Waals surface area (Å²) in [4.78, 5) is 0.753. The van der Waals surface area contributed by atoms with E-state index in [1.54, 1.807) is 0 Å². The van der Waals surface area contributed by atoms with E-state index in [-0.39, 0.29) is 0 Å².